The zero-order valence-corrected chi connectivity index (χ0v) is 18.2. The molecule has 0 fully saturated rings. The topological polar surface area (TPSA) is 118 Å². The van der Waals surface area contributed by atoms with Gasteiger partial charge >= 0.3 is 0 Å². The Morgan fingerprint density at radius 1 is 0.839 bits per heavy atom. The zero-order chi connectivity index (χ0) is 22.8. The molecule has 0 heterocycles. The monoisotopic (exact) mass is 437 g/mol. The number of nitrogens with one attached hydrogen (secondary N) is 2. The summed E-state index contributed by atoms with van der Waals surface area (Å²) in [5.41, 5.74) is 8.48. The predicted molar refractivity (Wildman–Crippen MR) is 121 cm³/mol. The number of carbonyl (C=O) groups is 2. The van der Waals surface area contributed by atoms with Crippen molar-refractivity contribution >= 4 is 33.2 Å². The standard InChI is InChI=1S/C23H23N3O4S/c1-14-8-9-15(2)21(12-14)31(29,30)26-20-7-5-4-6-19(20)23(28)25-17-10-11-18(22(24)27)16(3)13-17/h4-13,26H,1-3H3,(H2,24,27)(H,25,28). The van der Waals surface area contributed by atoms with Crippen LogP contribution in [0.15, 0.2) is 65.6 Å². The van der Waals surface area contributed by atoms with Crippen LogP contribution in [-0.2, 0) is 10.0 Å². The fraction of sp³-hybridized carbons (Fsp3) is 0.130. The quantitative estimate of drug-likeness (QED) is 0.544. The van der Waals surface area contributed by atoms with Gasteiger partial charge in [0.25, 0.3) is 15.9 Å². The first kappa shape index (κ1) is 22.0. The summed E-state index contributed by atoms with van der Waals surface area (Å²) in [6.45, 7) is 5.23. The number of sulfonamides is 1. The van der Waals surface area contributed by atoms with Gasteiger partial charge in [0, 0.05) is 11.3 Å². The summed E-state index contributed by atoms with van der Waals surface area (Å²) in [4.78, 5) is 24.4. The van der Waals surface area contributed by atoms with E-state index in [4.69, 9.17) is 5.73 Å². The normalized spacial score (nSPS) is 11.1. The molecule has 0 saturated heterocycles. The molecule has 0 aliphatic carbocycles. The zero-order valence-electron chi connectivity index (χ0n) is 17.4. The van der Waals surface area contributed by atoms with Crippen molar-refractivity contribution in [2.75, 3.05) is 10.0 Å². The van der Waals surface area contributed by atoms with E-state index < -0.39 is 21.8 Å². The van der Waals surface area contributed by atoms with Crippen LogP contribution in [0.25, 0.3) is 0 Å². The first-order chi connectivity index (χ1) is 14.6. The number of para-hydroxylation sites is 1. The molecule has 0 radical (unpaired) electrons. The summed E-state index contributed by atoms with van der Waals surface area (Å²) in [5, 5.41) is 2.73. The molecule has 160 valence electrons. The highest BCUT2D eigenvalue weighted by Crippen LogP contribution is 2.24. The Labute approximate surface area is 181 Å². The Balaban J connectivity index is 1.90. The van der Waals surface area contributed by atoms with Crippen molar-refractivity contribution in [2.45, 2.75) is 25.7 Å². The van der Waals surface area contributed by atoms with Crippen molar-refractivity contribution in [1.82, 2.24) is 0 Å². The molecule has 3 rings (SSSR count). The van der Waals surface area contributed by atoms with Gasteiger partial charge in [0.1, 0.15) is 0 Å². The molecule has 0 spiro atoms. The minimum absolute atomic E-state index is 0.153. The highest BCUT2D eigenvalue weighted by atomic mass is 32.2. The molecule has 3 aromatic carbocycles. The van der Waals surface area contributed by atoms with Crippen LogP contribution in [0.3, 0.4) is 0 Å². The van der Waals surface area contributed by atoms with Gasteiger partial charge in [-0.05, 0) is 73.9 Å². The summed E-state index contributed by atoms with van der Waals surface area (Å²) in [6.07, 6.45) is 0. The SMILES string of the molecule is Cc1ccc(C)c(S(=O)(=O)Nc2ccccc2C(=O)Nc2ccc(C(N)=O)c(C)c2)c1. The van der Waals surface area contributed by atoms with Crippen LogP contribution in [0.4, 0.5) is 11.4 Å². The molecular formula is C23H23N3O4S. The van der Waals surface area contributed by atoms with Crippen molar-refractivity contribution in [1.29, 1.82) is 0 Å². The summed E-state index contributed by atoms with van der Waals surface area (Å²) < 4.78 is 28.5. The Bertz CT molecular complexity index is 1280. The molecule has 31 heavy (non-hydrogen) atoms. The van der Waals surface area contributed by atoms with Crippen LogP contribution in [0.2, 0.25) is 0 Å². The second-order valence-corrected chi connectivity index (χ2v) is 8.92. The van der Waals surface area contributed by atoms with Gasteiger partial charge in [0.05, 0.1) is 16.1 Å². The summed E-state index contributed by atoms with van der Waals surface area (Å²) in [5.74, 6) is -1.05. The Morgan fingerprint density at radius 2 is 1.55 bits per heavy atom. The largest absolute Gasteiger partial charge is 0.366 e. The van der Waals surface area contributed by atoms with Crippen LogP contribution in [0.5, 0.6) is 0 Å². The first-order valence-electron chi connectivity index (χ1n) is 9.49. The van der Waals surface area contributed by atoms with E-state index in [1.807, 2.05) is 13.0 Å². The van der Waals surface area contributed by atoms with Crippen molar-refractivity contribution in [3.8, 4) is 0 Å². The molecule has 7 nitrogen and oxygen atoms in total. The van der Waals surface area contributed by atoms with E-state index in [2.05, 4.69) is 10.0 Å². The van der Waals surface area contributed by atoms with E-state index in [1.54, 1.807) is 50.2 Å². The average Bonchev–Trinajstić information content (AvgIpc) is 2.69. The maximum absolute atomic E-state index is 13.0. The number of carbonyl (C=O) groups excluding carboxylic acids is 2. The van der Waals surface area contributed by atoms with Gasteiger partial charge in [-0.15, -0.1) is 0 Å². The average molecular weight is 438 g/mol. The first-order valence-corrected chi connectivity index (χ1v) is 11.0. The summed E-state index contributed by atoms with van der Waals surface area (Å²) in [6, 6.07) is 16.2. The lowest BCUT2D eigenvalue weighted by Gasteiger charge is -2.15. The van der Waals surface area contributed by atoms with Gasteiger partial charge < -0.3 is 11.1 Å². The van der Waals surface area contributed by atoms with Crippen LogP contribution >= 0.6 is 0 Å². The molecule has 2 amide bonds. The fourth-order valence-corrected chi connectivity index (χ4v) is 4.59. The lowest BCUT2D eigenvalue weighted by atomic mass is 10.1. The number of anilines is 2. The van der Waals surface area contributed by atoms with E-state index in [0.717, 1.165) is 5.56 Å². The van der Waals surface area contributed by atoms with Gasteiger partial charge in [-0.3, -0.25) is 14.3 Å². The van der Waals surface area contributed by atoms with E-state index >= 15 is 0 Å². The highest BCUT2D eigenvalue weighted by Gasteiger charge is 2.21. The van der Waals surface area contributed by atoms with Crippen molar-refractivity contribution in [3.63, 3.8) is 0 Å². The van der Waals surface area contributed by atoms with Gasteiger partial charge in [-0.2, -0.15) is 0 Å². The lowest BCUT2D eigenvalue weighted by molar-refractivity contribution is 0.0997. The minimum Gasteiger partial charge on any atom is -0.366 e. The van der Waals surface area contributed by atoms with Gasteiger partial charge in [-0.25, -0.2) is 8.42 Å². The van der Waals surface area contributed by atoms with Gasteiger partial charge in [0.15, 0.2) is 0 Å². The molecule has 0 aliphatic rings. The molecule has 0 atom stereocenters. The Kier molecular flexibility index (Phi) is 6.12. The van der Waals surface area contributed by atoms with E-state index in [0.29, 0.717) is 22.4 Å². The fourth-order valence-electron chi connectivity index (χ4n) is 3.18. The molecule has 8 heteroatoms. The number of hydrogen-bond acceptors (Lipinski definition) is 4. The molecule has 4 N–H and O–H groups in total. The molecule has 3 aromatic rings. The number of aryl methyl sites for hydroxylation is 3. The van der Waals surface area contributed by atoms with Gasteiger partial charge in [-0.1, -0.05) is 24.3 Å². The third-order valence-electron chi connectivity index (χ3n) is 4.80. The van der Waals surface area contributed by atoms with Crippen LogP contribution in [0, 0.1) is 20.8 Å². The summed E-state index contributed by atoms with van der Waals surface area (Å²) in [7, 11) is -3.90. The number of hydrogen-bond donors (Lipinski definition) is 3. The third kappa shape index (κ3) is 4.92. The van der Waals surface area contributed by atoms with Gasteiger partial charge in [0.2, 0.25) is 5.91 Å². The molecule has 0 unspecified atom stereocenters. The van der Waals surface area contributed by atoms with Crippen LogP contribution in [-0.4, -0.2) is 20.2 Å². The molecule has 0 aliphatic heterocycles. The lowest BCUT2D eigenvalue weighted by Crippen LogP contribution is -2.19. The molecular weight excluding hydrogens is 414 g/mol. The molecule has 0 saturated carbocycles. The number of primary amides is 1. The van der Waals surface area contributed by atoms with Crippen LogP contribution in [0.1, 0.15) is 37.4 Å². The van der Waals surface area contributed by atoms with Crippen molar-refractivity contribution in [2.24, 2.45) is 5.73 Å². The number of nitrogens with two attached hydrogens (primary N) is 1. The smallest absolute Gasteiger partial charge is 0.262 e. The maximum Gasteiger partial charge on any atom is 0.262 e. The maximum atomic E-state index is 13.0. The minimum atomic E-state index is -3.90. The van der Waals surface area contributed by atoms with E-state index in [-0.39, 0.29) is 16.1 Å². The second kappa shape index (κ2) is 8.61. The van der Waals surface area contributed by atoms with E-state index in [1.165, 1.54) is 18.2 Å². The van der Waals surface area contributed by atoms with E-state index in [9.17, 15) is 18.0 Å². The molecule has 0 aromatic heterocycles. The predicted octanol–water partition coefficient (Wildman–Crippen LogP) is 3.76. The Morgan fingerprint density at radius 3 is 2.23 bits per heavy atom. The Hall–Kier alpha value is -3.65. The van der Waals surface area contributed by atoms with Crippen molar-refractivity contribution in [3.05, 3.63) is 88.5 Å². The van der Waals surface area contributed by atoms with Crippen molar-refractivity contribution < 1.29 is 18.0 Å². The highest BCUT2D eigenvalue weighted by molar-refractivity contribution is 7.92. The molecule has 0 bridgehead atoms. The number of benzene rings is 3. The second-order valence-electron chi connectivity index (χ2n) is 7.27. The number of rotatable bonds is 6. The van der Waals surface area contributed by atoms with Crippen LogP contribution < -0.4 is 15.8 Å². The summed E-state index contributed by atoms with van der Waals surface area (Å²) >= 11 is 0. The third-order valence-corrected chi connectivity index (χ3v) is 6.31. The number of amides is 2.